The van der Waals surface area contributed by atoms with Crippen LogP contribution in [0.2, 0.25) is 0 Å². The summed E-state index contributed by atoms with van der Waals surface area (Å²) >= 11 is 2.89. The van der Waals surface area contributed by atoms with Crippen LogP contribution < -0.4 is 14.8 Å². The van der Waals surface area contributed by atoms with Gasteiger partial charge in [0.2, 0.25) is 5.91 Å². The first-order valence-corrected chi connectivity index (χ1v) is 11.9. The van der Waals surface area contributed by atoms with Gasteiger partial charge < -0.3 is 14.8 Å². The molecule has 2 aromatic heterocycles. The Morgan fingerprint density at radius 2 is 1.76 bits per heavy atom. The molecule has 0 fully saturated rings. The van der Waals surface area contributed by atoms with Crippen molar-refractivity contribution in [1.82, 2.24) is 15.2 Å². The molecule has 1 N–H and O–H groups in total. The number of thioether (sulfide) groups is 1. The third-order valence-corrected chi connectivity index (χ3v) is 6.84. The van der Waals surface area contributed by atoms with Gasteiger partial charge in [0.1, 0.15) is 27.2 Å². The van der Waals surface area contributed by atoms with E-state index in [0.29, 0.717) is 16.5 Å². The number of benzene rings is 2. The minimum atomic E-state index is -0.125. The minimum Gasteiger partial charge on any atom is -0.497 e. The molecule has 0 bridgehead atoms. The predicted molar refractivity (Wildman–Crippen MR) is 132 cm³/mol. The number of hydrogen-bond donors (Lipinski definition) is 1. The smallest absolute Gasteiger partial charge is 0.234 e. The number of anilines is 1. The molecule has 2 heterocycles. The molecule has 0 aliphatic rings. The fraction of sp³-hybridized carbons (Fsp3) is 0.167. The third-order valence-electron chi connectivity index (χ3n) is 4.69. The molecule has 0 unspecified atom stereocenters. The van der Waals surface area contributed by atoms with E-state index in [1.165, 1.54) is 11.8 Å². The monoisotopic (exact) mass is 478 g/mol. The van der Waals surface area contributed by atoms with Gasteiger partial charge in [0.25, 0.3) is 0 Å². The number of carbonyl (C=O) groups is 1. The molecule has 168 valence electrons. The first-order chi connectivity index (χ1) is 16.1. The molecule has 0 saturated heterocycles. The van der Waals surface area contributed by atoms with Crippen LogP contribution in [0.25, 0.3) is 21.1 Å². The summed E-state index contributed by atoms with van der Waals surface area (Å²) in [6.07, 6.45) is 0. The standard InChI is InChI=1S/C24H22N4O3S2/c1-15-23(33-24(25-15)16-6-4-8-18(12-16)30-2)20-10-11-22(28-27-20)32-14-21(29)26-17-7-5-9-19(13-17)31-3/h4-13H,14H2,1-3H3,(H,26,29). The Balaban J connectivity index is 1.40. The molecule has 4 rings (SSSR count). The Bertz CT molecular complexity index is 1260. The third kappa shape index (κ3) is 5.68. The fourth-order valence-corrected chi connectivity index (χ4v) is 4.71. The molecule has 2 aromatic carbocycles. The van der Waals surface area contributed by atoms with Crippen molar-refractivity contribution < 1.29 is 14.3 Å². The van der Waals surface area contributed by atoms with E-state index in [4.69, 9.17) is 14.5 Å². The van der Waals surface area contributed by atoms with Crippen molar-refractivity contribution in [3.05, 3.63) is 66.4 Å². The Labute approximate surface area is 200 Å². The summed E-state index contributed by atoms with van der Waals surface area (Å²) in [6.45, 7) is 1.96. The number of thiazole rings is 1. The van der Waals surface area contributed by atoms with Crippen LogP contribution in [0.15, 0.2) is 65.7 Å². The molecule has 0 radical (unpaired) electrons. The molecule has 4 aromatic rings. The van der Waals surface area contributed by atoms with Crippen LogP contribution >= 0.6 is 23.1 Å². The van der Waals surface area contributed by atoms with Crippen molar-refractivity contribution in [3.8, 4) is 32.6 Å². The molecule has 9 heteroatoms. The number of ether oxygens (including phenoxy) is 2. The summed E-state index contributed by atoms with van der Waals surface area (Å²) < 4.78 is 10.5. The first-order valence-electron chi connectivity index (χ1n) is 10.1. The van der Waals surface area contributed by atoms with E-state index in [2.05, 4.69) is 15.5 Å². The van der Waals surface area contributed by atoms with E-state index in [0.717, 1.165) is 32.6 Å². The summed E-state index contributed by atoms with van der Waals surface area (Å²) in [5.74, 6) is 1.58. The van der Waals surface area contributed by atoms with Gasteiger partial charge in [-0.25, -0.2) is 4.98 Å². The lowest BCUT2D eigenvalue weighted by Crippen LogP contribution is -2.14. The Morgan fingerprint density at radius 3 is 2.48 bits per heavy atom. The van der Waals surface area contributed by atoms with Gasteiger partial charge in [0.15, 0.2) is 0 Å². The topological polar surface area (TPSA) is 86.2 Å². The molecule has 33 heavy (non-hydrogen) atoms. The van der Waals surface area contributed by atoms with Gasteiger partial charge in [-0.3, -0.25) is 4.79 Å². The fourth-order valence-electron chi connectivity index (χ4n) is 3.07. The Morgan fingerprint density at radius 1 is 1.00 bits per heavy atom. The van der Waals surface area contributed by atoms with E-state index >= 15 is 0 Å². The van der Waals surface area contributed by atoms with Gasteiger partial charge in [-0.15, -0.1) is 21.5 Å². The van der Waals surface area contributed by atoms with Gasteiger partial charge in [0.05, 0.1) is 30.5 Å². The molecule has 0 saturated carbocycles. The van der Waals surface area contributed by atoms with E-state index in [-0.39, 0.29) is 11.7 Å². The van der Waals surface area contributed by atoms with Crippen LogP contribution in [-0.4, -0.2) is 41.1 Å². The average Bonchev–Trinajstić information content (AvgIpc) is 3.25. The molecule has 0 aliphatic carbocycles. The first kappa shape index (κ1) is 22.8. The second-order valence-corrected chi connectivity index (χ2v) is 8.99. The number of carbonyl (C=O) groups excluding carboxylic acids is 1. The number of aryl methyl sites for hydroxylation is 1. The predicted octanol–water partition coefficient (Wildman–Crippen LogP) is 5.32. The zero-order valence-electron chi connectivity index (χ0n) is 18.4. The average molecular weight is 479 g/mol. The zero-order chi connectivity index (χ0) is 23.2. The quantitative estimate of drug-likeness (QED) is 0.343. The molecular weight excluding hydrogens is 456 g/mol. The van der Waals surface area contributed by atoms with Crippen molar-refractivity contribution >= 4 is 34.7 Å². The summed E-state index contributed by atoms with van der Waals surface area (Å²) in [5.41, 5.74) is 3.33. The van der Waals surface area contributed by atoms with Crippen molar-refractivity contribution in [2.45, 2.75) is 11.9 Å². The van der Waals surface area contributed by atoms with E-state index in [9.17, 15) is 4.79 Å². The summed E-state index contributed by atoms with van der Waals surface area (Å²) in [5, 5.41) is 13.1. The van der Waals surface area contributed by atoms with Gasteiger partial charge in [0, 0.05) is 17.3 Å². The normalized spacial score (nSPS) is 10.6. The number of rotatable bonds is 8. The highest BCUT2D eigenvalue weighted by Gasteiger charge is 2.14. The molecule has 0 atom stereocenters. The van der Waals surface area contributed by atoms with Gasteiger partial charge >= 0.3 is 0 Å². The maximum Gasteiger partial charge on any atom is 0.234 e. The van der Waals surface area contributed by atoms with E-state index in [1.807, 2.05) is 61.5 Å². The van der Waals surface area contributed by atoms with Crippen LogP contribution in [0.5, 0.6) is 11.5 Å². The van der Waals surface area contributed by atoms with E-state index < -0.39 is 0 Å². The molecule has 0 spiro atoms. The van der Waals surface area contributed by atoms with Crippen molar-refractivity contribution in [3.63, 3.8) is 0 Å². The van der Waals surface area contributed by atoms with Crippen LogP contribution in [0.4, 0.5) is 5.69 Å². The number of nitrogens with one attached hydrogen (secondary N) is 1. The molecule has 1 amide bonds. The summed E-state index contributed by atoms with van der Waals surface area (Å²) in [4.78, 5) is 17.9. The lowest BCUT2D eigenvalue weighted by molar-refractivity contribution is -0.113. The Kier molecular flexibility index (Phi) is 7.21. The van der Waals surface area contributed by atoms with Crippen LogP contribution in [-0.2, 0) is 4.79 Å². The van der Waals surface area contributed by atoms with Crippen molar-refractivity contribution in [1.29, 1.82) is 0 Å². The van der Waals surface area contributed by atoms with Crippen LogP contribution in [0, 0.1) is 6.92 Å². The number of nitrogens with zero attached hydrogens (tertiary/aromatic N) is 3. The maximum atomic E-state index is 12.3. The van der Waals surface area contributed by atoms with Crippen LogP contribution in [0.3, 0.4) is 0 Å². The lowest BCUT2D eigenvalue weighted by Gasteiger charge is -2.06. The van der Waals surface area contributed by atoms with Gasteiger partial charge in [-0.1, -0.05) is 30.0 Å². The molecule has 0 aliphatic heterocycles. The van der Waals surface area contributed by atoms with Gasteiger partial charge in [-0.05, 0) is 43.3 Å². The number of aromatic nitrogens is 3. The van der Waals surface area contributed by atoms with Crippen molar-refractivity contribution in [2.24, 2.45) is 0 Å². The Hall–Kier alpha value is -3.43. The second-order valence-electron chi connectivity index (χ2n) is 6.99. The highest BCUT2D eigenvalue weighted by molar-refractivity contribution is 7.99. The highest BCUT2D eigenvalue weighted by atomic mass is 32.2. The number of hydrogen-bond acceptors (Lipinski definition) is 8. The summed E-state index contributed by atoms with van der Waals surface area (Å²) in [7, 11) is 3.24. The van der Waals surface area contributed by atoms with Gasteiger partial charge in [-0.2, -0.15) is 0 Å². The van der Waals surface area contributed by atoms with Crippen molar-refractivity contribution in [2.75, 3.05) is 25.3 Å². The molecule has 7 nitrogen and oxygen atoms in total. The molecular formula is C24H22N4O3S2. The van der Waals surface area contributed by atoms with Crippen LogP contribution in [0.1, 0.15) is 5.69 Å². The number of methoxy groups -OCH3 is 2. The number of amides is 1. The SMILES string of the molecule is COc1cccc(NC(=O)CSc2ccc(-c3sc(-c4cccc(OC)c4)nc3C)nn2)c1. The zero-order valence-corrected chi connectivity index (χ0v) is 20.0. The lowest BCUT2D eigenvalue weighted by atomic mass is 10.2. The largest absolute Gasteiger partial charge is 0.497 e. The van der Waals surface area contributed by atoms with E-state index in [1.54, 1.807) is 31.6 Å². The second kappa shape index (κ2) is 10.5. The summed E-state index contributed by atoms with van der Waals surface area (Å²) in [6, 6.07) is 18.8. The minimum absolute atomic E-state index is 0.125. The highest BCUT2D eigenvalue weighted by Crippen LogP contribution is 2.35. The maximum absolute atomic E-state index is 12.3.